The summed E-state index contributed by atoms with van der Waals surface area (Å²) in [7, 11) is 5.66. The lowest BCUT2D eigenvalue weighted by Crippen LogP contribution is -2.45. The Hall–Kier alpha value is -2.78. The molecule has 0 aromatic carbocycles. The van der Waals surface area contributed by atoms with Crippen LogP contribution >= 0.6 is 0 Å². The summed E-state index contributed by atoms with van der Waals surface area (Å²) in [6.07, 6.45) is 19.7. The zero-order chi connectivity index (χ0) is 28.1. The lowest BCUT2D eigenvalue weighted by molar-refractivity contribution is -0.873. The minimum Gasteiger partial charge on any atom is -0.550 e. The number of hydrogen-bond acceptors (Lipinski definition) is 7. The second kappa shape index (κ2) is 20.3. The van der Waals surface area contributed by atoms with Crippen LogP contribution in [0.25, 0.3) is 0 Å². The van der Waals surface area contributed by atoms with Crippen LogP contribution in [0.1, 0.15) is 45.4 Å². The molecule has 37 heavy (non-hydrogen) atoms. The lowest BCUT2D eigenvalue weighted by Gasteiger charge is -2.29. The van der Waals surface area contributed by atoms with Crippen LogP contribution in [-0.2, 0) is 14.3 Å². The fourth-order valence-electron chi connectivity index (χ4n) is 3.12. The van der Waals surface area contributed by atoms with E-state index in [1.165, 1.54) is 6.08 Å². The van der Waals surface area contributed by atoms with Crippen molar-refractivity contribution < 1.29 is 39.2 Å². The first kappa shape index (κ1) is 34.2. The van der Waals surface area contributed by atoms with Crippen molar-refractivity contribution in [1.82, 2.24) is 0 Å². The van der Waals surface area contributed by atoms with Crippen LogP contribution in [-0.4, -0.2) is 83.8 Å². The molecule has 4 unspecified atom stereocenters. The molecule has 208 valence electrons. The van der Waals surface area contributed by atoms with Gasteiger partial charge in [0.05, 0.1) is 39.5 Å². The monoisotopic (exact) mass is 519 g/mol. The Balaban J connectivity index is 4.25. The topological polar surface area (TPSA) is 127 Å². The summed E-state index contributed by atoms with van der Waals surface area (Å²) in [5, 5.41) is 40.5. The van der Waals surface area contributed by atoms with Crippen LogP contribution in [0.3, 0.4) is 0 Å². The van der Waals surface area contributed by atoms with Gasteiger partial charge >= 0.3 is 5.97 Å². The highest BCUT2D eigenvalue weighted by Crippen LogP contribution is 2.08. The van der Waals surface area contributed by atoms with E-state index in [0.717, 1.165) is 6.42 Å². The third-order valence-corrected chi connectivity index (χ3v) is 4.87. The van der Waals surface area contributed by atoms with Gasteiger partial charge in [-0.2, -0.15) is 0 Å². The summed E-state index contributed by atoms with van der Waals surface area (Å²) in [5.74, 6) is -1.72. The fourth-order valence-corrected chi connectivity index (χ4v) is 3.12. The van der Waals surface area contributed by atoms with Gasteiger partial charge in [0.1, 0.15) is 6.54 Å². The molecule has 0 fully saturated rings. The van der Waals surface area contributed by atoms with E-state index < -0.39 is 36.4 Å². The summed E-state index contributed by atoms with van der Waals surface area (Å²) in [6, 6.07) is 0. The maximum Gasteiger partial charge on any atom is 0.306 e. The molecule has 0 spiro atoms. The number of aliphatic hydroxyl groups is 3. The van der Waals surface area contributed by atoms with Crippen molar-refractivity contribution in [3.63, 3.8) is 0 Å². The molecule has 8 nitrogen and oxygen atoms in total. The number of nitrogens with zero attached hydrogens (tertiary/aromatic N) is 1. The van der Waals surface area contributed by atoms with Crippen molar-refractivity contribution in [1.29, 1.82) is 0 Å². The first-order valence-electron chi connectivity index (χ1n) is 12.7. The van der Waals surface area contributed by atoms with E-state index in [9.17, 15) is 30.0 Å². The van der Waals surface area contributed by atoms with Crippen LogP contribution in [0.4, 0.5) is 0 Å². The molecule has 0 amide bonds. The third kappa shape index (κ3) is 22.2. The molecular weight excluding hydrogens is 474 g/mol. The molecule has 8 heteroatoms. The van der Waals surface area contributed by atoms with Crippen LogP contribution in [0, 0.1) is 0 Å². The van der Waals surface area contributed by atoms with Gasteiger partial charge in [0.2, 0.25) is 0 Å². The molecular formula is C29H45NO7. The van der Waals surface area contributed by atoms with Crippen molar-refractivity contribution in [2.45, 2.75) is 69.9 Å². The maximum atomic E-state index is 12.0. The van der Waals surface area contributed by atoms with E-state index in [4.69, 9.17) is 4.74 Å². The highest BCUT2D eigenvalue weighted by Gasteiger charge is 2.22. The predicted octanol–water partition coefficient (Wildman–Crippen LogP) is 2.13. The maximum absolute atomic E-state index is 12.0. The number of carboxylic acid groups (broad SMARTS) is 1. The lowest BCUT2D eigenvalue weighted by atomic mass is 10.1. The van der Waals surface area contributed by atoms with Crippen molar-refractivity contribution in [3.8, 4) is 0 Å². The normalized spacial score (nSPS) is 16.5. The molecule has 4 atom stereocenters. The van der Waals surface area contributed by atoms with E-state index >= 15 is 0 Å². The number of esters is 1. The van der Waals surface area contributed by atoms with E-state index in [-0.39, 0.29) is 12.8 Å². The van der Waals surface area contributed by atoms with E-state index in [2.05, 4.69) is 0 Å². The number of hydrogen-bond donors (Lipinski definition) is 3. The zero-order valence-electron chi connectivity index (χ0n) is 22.6. The standard InChI is InChI=1S/C29H45NO7/c1-5-6-12-19-26(32)27(33)20-15-10-8-7-9-13-17-24(31)18-14-11-16-21-29(36)37-25(22-28(34)35)23-30(2,3)4/h6-15,17,20,24-27,31-33H,5,16,18-19,21-23H2,1-4H3/b9-7+,10-8+,12-6+,14-11+,17-13+,20-15+. The molecule has 0 saturated heterocycles. The number of carbonyl (C=O) groups is 2. The van der Waals surface area contributed by atoms with E-state index in [1.54, 1.807) is 54.7 Å². The summed E-state index contributed by atoms with van der Waals surface area (Å²) >= 11 is 0. The molecule has 3 N–H and O–H groups in total. The average molecular weight is 520 g/mol. The molecule has 0 aliphatic heterocycles. The third-order valence-electron chi connectivity index (χ3n) is 4.87. The molecule has 0 aliphatic rings. The first-order valence-corrected chi connectivity index (χ1v) is 12.7. The number of carbonyl (C=O) groups excluding carboxylic acids is 2. The molecule has 0 radical (unpaired) electrons. The predicted molar refractivity (Wildman–Crippen MR) is 144 cm³/mol. The van der Waals surface area contributed by atoms with Crippen molar-refractivity contribution >= 4 is 11.9 Å². The number of carboxylic acids is 1. The molecule has 0 aliphatic carbocycles. The summed E-state index contributed by atoms with van der Waals surface area (Å²) in [5.41, 5.74) is 0. The summed E-state index contributed by atoms with van der Waals surface area (Å²) < 4.78 is 5.76. The van der Waals surface area contributed by atoms with Gasteiger partial charge in [0, 0.05) is 18.8 Å². The largest absolute Gasteiger partial charge is 0.550 e. The Bertz CT molecular complexity index is 819. The molecule has 0 saturated carbocycles. The molecule has 0 bridgehead atoms. The second-order valence-electron chi connectivity index (χ2n) is 9.69. The van der Waals surface area contributed by atoms with E-state index in [0.29, 0.717) is 30.3 Å². The van der Waals surface area contributed by atoms with E-state index in [1.807, 2.05) is 40.2 Å². The SMILES string of the molecule is CC/C=C/CC(O)C(O)/C=C/C=C/C=C/C=C/C(O)C/C=C/CCC(=O)OC(CC(=O)[O-])C[N+](C)(C)C. The average Bonchev–Trinajstić information content (AvgIpc) is 2.78. The van der Waals surface area contributed by atoms with Gasteiger partial charge in [-0.15, -0.1) is 0 Å². The second-order valence-corrected chi connectivity index (χ2v) is 9.69. The number of likely N-dealkylation sites (N-methyl/N-ethyl adjacent to an activating group) is 1. The summed E-state index contributed by atoms with van der Waals surface area (Å²) in [4.78, 5) is 22.9. The van der Waals surface area contributed by atoms with Crippen LogP contribution in [0.15, 0.2) is 72.9 Å². The number of allylic oxidation sites excluding steroid dienone is 8. The molecule has 0 rings (SSSR count). The Morgan fingerprint density at radius 1 is 0.865 bits per heavy atom. The minimum absolute atomic E-state index is 0.124. The Kier molecular flexibility index (Phi) is 18.8. The van der Waals surface area contributed by atoms with Gasteiger partial charge in [-0.1, -0.05) is 79.8 Å². The Morgan fingerprint density at radius 3 is 2.05 bits per heavy atom. The van der Waals surface area contributed by atoms with Crippen molar-refractivity contribution in [3.05, 3.63) is 72.9 Å². The molecule has 0 heterocycles. The molecule has 0 aromatic heterocycles. The Labute approximate surface area is 221 Å². The number of quaternary nitrogens is 1. The minimum atomic E-state index is -1.25. The van der Waals surface area contributed by atoms with Crippen LogP contribution in [0.2, 0.25) is 0 Å². The quantitative estimate of drug-likeness (QED) is 0.103. The van der Waals surface area contributed by atoms with Crippen molar-refractivity contribution in [2.75, 3.05) is 27.7 Å². The van der Waals surface area contributed by atoms with Gasteiger partial charge in [-0.3, -0.25) is 4.79 Å². The highest BCUT2D eigenvalue weighted by atomic mass is 16.5. The fraction of sp³-hybridized carbons (Fsp3) is 0.517. The Morgan fingerprint density at radius 2 is 1.46 bits per heavy atom. The van der Waals surface area contributed by atoms with Crippen LogP contribution < -0.4 is 5.11 Å². The number of ether oxygens (including phenoxy) is 1. The smallest absolute Gasteiger partial charge is 0.306 e. The number of aliphatic hydroxyl groups excluding tert-OH is 3. The van der Waals surface area contributed by atoms with Crippen molar-refractivity contribution in [2.24, 2.45) is 0 Å². The molecule has 0 aromatic rings. The zero-order valence-corrected chi connectivity index (χ0v) is 22.6. The number of rotatable bonds is 19. The summed E-state index contributed by atoms with van der Waals surface area (Å²) in [6.45, 7) is 2.38. The first-order chi connectivity index (χ1) is 17.4. The highest BCUT2D eigenvalue weighted by molar-refractivity contribution is 5.71. The van der Waals surface area contributed by atoms with Gasteiger partial charge in [-0.05, 0) is 25.7 Å². The van der Waals surface area contributed by atoms with Gasteiger partial charge < -0.3 is 34.4 Å². The van der Waals surface area contributed by atoms with Gasteiger partial charge in [0.15, 0.2) is 6.10 Å². The number of aliphatic carboxylic acids is 1. The van der Waals surface area contributed by atoms with Crippen LogP contribution in [0.5, 0.6) is 0 Å². The van der Waals surface area contributed by atoms with Gasteiger partial charge in [-0.25, -0.2) is 0 Å². The van der Waals surface area contributed by atoms with Gasteiger partial charge in [0.25, 0.3) is 0 Å².